The van der Waals surface area contributed by atoms with Crippen LogP contribution in [-0.4, -0.2) is 41.1 Å². The van der Waals surface area contributed by atoms with E-state index in [0.29, 0.717) is 35.2 Å². The van der Waals surface area contributed by atoms with Crippen molar-refractivity contribution in [1.82, 2.24) is 14.9 Å². The third-order valence-electron chi connectivity index (χ3n) is 5.35. The Morgan fingerprint density at radius 1 is 1.27 bits per heavy atom. The van der Waals surface area contributed by atoms with Gasteiger partial charge in [0.1, 0.15) is 12.0 Å². The Hall–Kier alpha value is -2.11. The molecular weight excluding hydrogens is 280 g/mol. The highest BCUT2D eigenvalue weighted by Gasteiger charge is 2.47. The molecule has 3 aliphatic carbocycles. The van der Waals surface area contributed by atoms with E-state index in [-0.39, 0.29) is 6.03 Å². The Kier molecular flexibility index (Phi) is 3.24. The van der Waals surface area contributed by atoms with Crippen LogP contribution in [-0.2, 0) is 0 Å². The number of carbonyl (C=O) groups excluding carboxylic acids is 1. The van der Waals surface area contributed by atoms with Gasteiger partial charge < -0.3 is 15.0 Å². The molecule has 6 nitrogen and oxygen atoms in total. The number of likely N-dealkylation sites (tertiary alicyclic amines) is 1. The van der Waals surface area contributed by atoms with Crippen LogP contribution < -0.4 is 10.1 Å². The summed E-state index contributed by atoms with van der Waals surface area (Å²) in [5.41, 5.74) is 0.519. The first-order valence-corrected chi connectivity index (χ1v) is 7.84. The largest absolute Gasteiger partial charge is 0.479 e. The third-order valence-corrected chi connectivity index (χ3v) is 5.35. The standard InChI is InChI=1S/C16H20N4O2/c1-22-15-14(6-17-9-18-15)19-16(21)20-7-12-10-2-3-11(5-4-10)13(12)8-20/h2-3,6,9-13H,4-5,7-8H2,1H3,(H,19,21). The Morgan fingerprint density at radius 2 is 1.95 bits per heavy atom. The SMILES string of the molecule is COc1ncncc1NC(=O)N1CC2C3C=CC(CC3)C2C1. The van der Waals surface area contributed by atoms with E-state index in [1.807, 2.05) is 4.90 Å². The summed E-state index contributed by atoms with van der Waals surface area (Å²) in [7, 11) is 1.53. The number of ether oxygens (including phenoxy) is 1. The van der Waals surface area contributed by atoms with Gasteiger partial charge in [-0.05, 0) is 36.5 Å². The van der Waals surface area contributed by atoms with Gasteiger partial charge in [-0.2, -0.15) is 4.98 Å². The number of hydrogen-bond acceptors (Lipinski definition) is 4. The van der Waals surface area contributed by atoms with Crippen LogP contribution >= 0.6 is 0 Å². The number of allylic oxidation sites excluding steroid dienone is 2. The van der Waals surface area contributed by atoms with E-state index < -0.39 is 0 Å². The second kappa shape index (κ2) is 5.26. The minimum Gasteiger partial charge on any atom is -0.479 e. The van der Waals surface area contributed by atoms with Gasteiger partial charge in [0, 0.05) is 13.1 Å². The zero-order valence-corrected chi connectivity index (χ0v) is 12.6. The van der Waals surface area contributed by atoms with E-state index in [0.717, 1.165) is 13.1 Å². The molecule has 2 amide bonds. The molecular formula is C16H20N4O2. The summed E-state index contributed by atoms with van der Waals surface area (Å²) in [5, 5.41) is 2.88. The van der Waals surface area contributed by atoms with Gasteiger partial charge in [0.15, 0.2) is 0 Å². The molecule has 1 saturated heterocycles. The normalized spacial score (nSPS) is 32.0. The molecule has 4 aliphatic rings. The lowest BCUT2D eigenvalue weighted by molar-refractivity contribution is 0.169. The first-order valence-electron chi connectivity index (χ1n) is 7.84. The van der Waals surface area contributed by atoms with Gasteiger partial charge in [-0.3, -0.25) is 0 Å². The molecule has 1 aromatic heterocycles. The first kappa shape index (κ1) is 13.5. The van der Waals surface area contributed by atoms with E-state index in [4.69, 9.17) is 4.74 Å². The average molecular weight is 300 g/mol. The maximum absolute atomic E-state index is 12.5. The number of anilines is 1. The maximum atomic E-state index is 12.5. The average Bonchev–Trinajstić information content (AvgIpc) is 3.04. The van der Waals surface area contributed by atoms with Crippen molar-refractivity contribution in [3.8, 4) is 5.88 Å². The van der Waals surface area contributed by atoms with Crippen LogP contribution in [0.2, 0.25) is 0 Å². The van der Waals surface area contributed by atoms with Crippen molar-refractivity contribution in [2.45, 2.75) is 12.8 Å². The molecule has 2 heterocycles. The molecule has 4 unspecified atom stereocenters. The summed E-state index contributed by atoms with van der Waals surface area (Å²) in [5.74, 6) is 2.96. The Balaban J connectivity index is 1.46. The molecule has 1 saturated carbocycles. The smallest absolute Gasteiger partial charge is 0.322 e. The highest BCUT2D eigenvalue weighted by molar-refractivity contribution is 5.90. The molecule has 1 aliphatic heterocycles. The molecule has 2 bridgehead atoms. The summed E-state index contributed by atoms with van der Waals surface area (Å²) in [6.45, 7) is 1.69. The minimum absolute atomic E-state index is 0.0816. The van der Waals surface area contributed by atoms with Crippen LogP contribution in [0.25, 0.3) is 0 Å². The van der Waals surface area contributed by atoms with E-state index in [1.165, 1.54) is 26.3 Å². The predicted molar refractivity (Wildman–Crippen MR) is 81.5 cm³/mol. The number of amides is 2. The van der Waals surface area contributed by atoms with E-state index in [9.17, 15) is 4.79 Å². The highest BCUT2D eigenvalue weighted by Crippen LogP contribution is 2.48. The van der Waals surface area contributed by atoms with Gasteiger partial charge in [-0.25, -0.2) is 9.78 Å². The van der Waals surface area contributed by atoms with Gasteiger partial charge >= 0.3 is 6.03 Å². The number of aromatic nitrogens is 2. The molecule has 1 N–H and O–H groups in total. The molecule has 5 rings (SSSR count). The van der Waals surface area contributed by atoms with E-state index >= 15 is 0 Å². The predicted octanol–water partition coefficient (Wildman–Crippen LogP) is 2.16. The molecule has 0 spiro atoms. The number of hydrogen-bond donors (Lipinski definition) is 1. The monoisotopic (exact) mass is 300 g/mol. The molecule has 22 heavy (non-hydrogen) atoms. The van der Waals surface area contributed by atoms with Crippen molar-refractivity contribution in [3.63, 3.8) is 0 Å². The van der Waals surface area contributed by atoms with Gasteiger partial charge in [0.25, 0.3) is 0 Å². The second-order valence-corrected chi connectivity index (χ2v) is 6.40. The van der Waals surface area contributed by atoms with Crippen molar-refractivity contribution in [2.24, 2.45) is 23.7 Å². The Bertz CT molecular complexity index is 596. The number of nitrogens with zero attached hydrogens (tertiary/aromatic N) is 3. The zero-order valence-electron chi connectivity index (χ0n) is 12.6. The summed E-state index contributed by atoms with van der Waals surface area (Å²) >= 11 is 0. The second-order valence-electron chi connectivity index (χ2n) is 6.40. The number of rotatable bonds is 2. The van der Waals surface area contributed by atoms with E-state index in [2.05, 4.69) is 27.4 Å². The van der Waals surface area contributed by atoms with Crippen LogP contribution in [0.5, 0.6) is 5.88 Å². The van der Waals surface area contributed by atoms with Gasteiger partial charge in [-0.1, -0.05) is 12.2 Å². The van der Waals surface area contributed by atoms with Crippen LogP contribution in [0.15, 0.2) is 24.7 Å². The molecule has 1 aromatic rings. The third kappa shape index (κ3) is 2.14. The van der Waals surface area contributed by atoms with Crippen LogP contribution in [0, 0.1) is 23.7 Å². The number of fused-ring (bicyclic) bond motifs is 1. The molecule has 0 aromatic carbocycles. The quantitative estimate of drug-likeness (QED) is 0.850. The van der Waals surface area contributed by atoms with Crippen LogP contribution in [0.1, 0.15) is 12.8 Å². The Morgan fingerprint density at radius 3 is 2.55 bits per heavy atom. The van der Waals surface area contributed by atoms with Crippen molar-refractivity contribution < 1.29 is 9.53 Å². The molecule has 0 radical (unpaired) electrons. The molecule has 6 heteroatoms. The van der Waals surface area contributed by atoms with Crippen molar-refractivity contribution in [3.05, 3.63) is 24.7 Å². The molecule has 4 atom stereocenters. The number of urea groups is 1. The van der Waals surface area contributed by atoms with Gasteiger partial charge in [0.05, 0.1) is 13.3 Å². The Labute approximate surface area is 129 Å². The van der Waals surface area contributed by atoms with Gasteiger partial charge in [0.2, 0.25) is 5.88 Å². The van der Waals surface area contributed by atoms with E-state index in [1.54, 1.807) is 6.20 Å². The summed E-state index contributed by atoms with van der Waals surface area (Å²) < 4.78 is 5.15. The van der Waals surface area contributed by atoms with Gasteiger partial charge in [-0.15, -0.1) is 0 Å². The fraction of sp³-hybridized carbons (Fsp3) is 0.562. The number of carbonyl (C=O) groups is 1. The summed E-state index contributed by atoms with van der Waals surface area (Å²) in [6.07, 6.45) is 10.3. The fourth-order valence-corrected chi connectivity index (χ4v) is 4.26. The zero-order chi connectivity index (χ0) is 15.1. The van der Waals surface area contributed by atoms with Crippen LogP contribution in [0.3, 0.4) is 0 Å². The maximum Gasteiger partial charge on any atom is 0.322 e. The lowest BCUT2D eigenvalue weighted by Gasteiger charge is -2.40. The van der Waals surface area contributed by atoms with Crippen molar-refractivity contribution in [1.29, 1.82) is 0 Å². The first-order chi connectivity index (χ1) is 10.8. The molecule has 2 fully saturated rings. The van der Waals surface area contributed by atoms with Crippen molar-refractivity contribution >= 4 is 11.7 Å². The number of methoxy groups -OCH3 is 1. The topological polar surface area (TPSA) is 67.4 Å². The van der Waals surface area contributed by atoms with Crippen molar-refractivity contribution in [2.75, 3.05) is 25.5 Å². The summed E-state index contributed by atoms with van der Waals surface area (Å²) in [6, 6.07) is -0.0816. The molecule has 116 valence electrons. The highest BCUT2D eigenvalue weighted by atomic mass is 16.5. The summed E-state index contributed by atoms with van der Waals surface area (Å²) in [4.78, 5) is 22.4. The van der Waals surface area contributed by atoms with Crippen LogP contribution in [0.4, 0.5) is 10.5 Å². The number of nitrogens with one attached hydrogen (secondary N) is 1. The lowest BCUT2D eigenvalue weighted by Crippen LogP contribution is -2.35. The fourth-order valence-electron chi connectivity index (χ4n) is 4.26. The lowest BCUT2D eigenvalue weighted by atomic mass is 9.64. The minimum atomic E-state index is -0.0816.